The highest BCUT2D eigenvalue weighted by Crippen LogP contribution is 2.46. The summed E-state index contributed by atoms with van der Waals surface area (Å²) in [7, 11) is 0. The molecule has 3 rings (SSSR count). The highest BCUT2D eigenvalue weighted by Gasteiger charge is 2.40. The van der Waals surface area contributed by atoms with Crippen molar-refractivity contribution in [1.29, 1.82) is 0 Å². The summed E-state index contributed by atoms with van der Waals surface area (Å²) >= 11 is 12.1. The van der Waals surface area contributed by atoms with Crippen molar-refractivity contribution in [1.82, 2.24) is 5.32 Å². The van der Waals surface area contributed by atoms with Gasteiger partial charge in [-0.15, -0.1) is 0 Å². The minimum Gasteiger partial charge on any atom is -0.309 e. The van der Waals surface area contributed by atoms with Crippen LogP contribution in [0.2, 0.25) is 10.0 Å². The summed E-state index contributed by atoms with van der Waals surface area (Å²) in [6.07, 6.45) is 0.990. The largest absolute Gasteiger partial charge is 0.309 e. The second-order valence-electron chi connectivity index (χ2n) is 8.14. The number of nitrogens with one attached hydrogen (secondary N) is 1. The first-order valence-electron chi connectivity index (χ1n) is 8.68. The lowest BCUT2D eigenvalue weighted by Crippen LogP contribution is -2.23. The predicted octanol–water partition coefficient (Wildman–Crippen LogP) is 6.61. The predicted molar refractivity (Wildman–Crippen MR) is 104 cm³/mol. The van der Waals surface area contributed by atoms with E-state index in [0.29, 0.717) is 5.02 Å². The second-order valence-corrected chi connectivity index (χ2v) is 9.01. The maximum Gasteiger partial charge on any atom is 0.128 e. The van der Waals surface area contributed by atoms with Crippen molar-refractivity contribution in [2.24, 2.45) is 11.3 Å². The second kappa shape index (κ2) is 7.26. The van der Waals surface area contributed by atoms with Crippen molar-refractivity contribution in [3.63, 3.8) is 0 Å². The molecule has 134 valence electrons. The summed E-state index contributed by atoms with van der Waals surface area (Å²) in [6, 6.07) is 13.2. The molecule has 1 heterocycles. The fourth-order valence-corrected chi connectivity index (χ4v) is 4.32. The van der Waals surface area contributed by atoms with E-state index in [9.17, 15) is 4.39 Å². The van der Waals surface area contributed by atoms with Crippen molar-refractivity contribution < 1.29 is 4.39 Å². The van der Waals surface area contributed by atoms with Crippen molar-refractivity contribution in [2.75, 3.05) is 6.54 Å². The van der Waals surface area contributed by atoms with Crippen LogP contribution in [0.3, 0.4) is 0 Å². The van der Waals surface area contributed by atoms with E-state index < -0.39 is 0 Å². The molecular formula is C21H24Cl2FN. The average Bonchev–Trinajstić information content (AvgIpc) is 2.89. The van der Waals surface area contributed by atoms with E-state index in [0.717, 1.165) is 23.6 Å². The molecule has 0 amide bonds. The van der Waals surface area contributed by atoms with Gasteiger partial charge in [0.1, 0.15) is 5.82 Å². The van der Waals surface area contributed by atoms with Gasteiger partial charge in [-0.1, -0.05) is 62.2 Å². The number of rotatable bonds is 3. The molecular weight excluding hydrogens is 356 g/mol. The molecule has 0 aliphatic carbocycles. The van der Waals surface area contributed by atoms with Gasteiger partial charge in [0.15, 0.2) is 0 Å². The maximum absolute atomic E-state index is 14.6. The standard InChI is InChI=1S/C21H24Cl2FN/c1-21(2,3)11-17-18(16-8-7-15(23)10-19(16)24)12-25-20(17)13-5-4-6-14(22)9-13/h4-10,17-18,20,25H,11-12H2,1-3H3/t17-,18-,20+/m0/s1. The average molecular weight is 380 g/mol. The number of halogens is 3. The first kappa shape index (κ1) is 18.7. The molecule has 3 atom stereocenters. The number of benzene rings is 2. The van der Waals surface area contributed by atoms with E-state index in [1.807, 2.05) is 24.3 Å². The van der Waals surface area contributed by atoms with Crippen molar-refractivity contribution in [3.8, 4) is 0 Å². The van der Waals surface area contributed by atoms with Gasteiger partial charge in [0.05, 0.1) is 0 Å². The van der Waals surface area contributed by atoms with Crippen LogP contribution in [0.1, 0.15) is 50.3 Å². The van der Waals surface area contributed by atoms with E-state index in [-0.39, 0.29) is 29.1 Å². The monoisotopic (exact) mass is 379 g/mol. The Morgan fingerprint density at radius 1 is 1.08 bits per heavy atom. The smallest absolute Gasteiger partial charge is 0.128 e. The van der Waals surface area contributed by atoms with Gasteiger partial charge in [0, 0.05) is 28.5 Å². The Morgan fingerprint density at radius 2 is 1.80 bits per heavy atom. The van der Waals surface area contributed by atoms with Crippen molar-refractivity contribution in [2.45, 2.75) is 39.2 Å². The van der Waals surface area contributed by atoms with Crippen molar-refractivity contribution in [3.05, 3.63) is 69.5 Å². The molecule has 0 spiro atoms. The molecule has 4 heteroatoms. The van der Waals surface area contributed by atoms with Gasteiger partial charge in [-0.2, -0.15) is 0 Å². The topological polar surface area (TPSA) is 12.0 Å². The summed E-state index contributed by atoms with van der Waals surface area (Å²) in [6.45, 7) is 7.44. The van der Waals surface area contributed by atoms with Gasteiger partial charge in [0.2, 0.25) is 0 Å². The zero-order chi connectivity index (χ0) is 18.2. The van der Waals surface area contributed by atoms with E-state index in [1.54, 1.807) is 6.07 Å². The fraction of sp³-hybridized carbons (Fsp3) is 0.429. The molecule has 0 aromatic heterocycles. The van der Waals surface area contributed by atoms with Crippen LogP contribution in [0.25, 0.3) is 0 Å². The molecule has 1 aliphatic heterocycles. The first-order valence-corrected chi connectivity index (χ1v) is 9.44. The zero-order valence-corrected chi connectivity index (χ0v) is 16.3. The molecule has 2 aromatic carbocycles. The van der Waals surface area contributed by atoms with Gasteiger partial charge in [0.25, 0.3) is 0 Å². The lowest BCUT2D eigenvalue weighted by molar-refractivity contribution is 0.259. The van der Waals surface area contributed by atoms with Crippen LogP contribution < -0.4 is 5.32 Å². The molecule has 0 unspecified atom stereocenters. The van der Waals surface area contributed by atoms with Crippen LogP contribution in [-0.4, -0.2) is 6.54 Å². The molecule has 25 heavy (non-hydrogen) atoms. The highest BCUT2D eigenvalue weighted by molar-refractivity contribution is 6.30. The summed E-state index contributed by atoms with van der Waals surface area (Å²) in [4.78, 5) is 0. The van der Waals surface area contributed by atoms with E-state index >= 15 is 0 Å². The van der Waals surface area contributed by atoms with Crippen molar-refractivity contribution >= 4 is 23.2 Å². The Balaban J connectivity index is 1.98. The van der Waals surface area contributed by atoms with Crippen LogP contribution in [0.4, 0.5) is 4.39 Å². The van der Waals surface area contributed by atoms with Gasteiger partial charge >= 0.3 is 0 Å². The van der Waals surface area contributed by atoms with Crippen LogP contribution in [0.15, 0.2) is 42.5 Å². The highest BCUT2D eigenvalue weighted by atomic mass is 35.5. The van der Waals surface area contributed by atoms with E-state index in [1.165, 1.54) is 11.6 Å². The third-order valence-electron chi connectivity index (χ3n) is 4.92. The Kier molecular flexibility index (Phi) is 5.43. The van der Waals surface area contributed by atoms with Crippen LogP contribution in [0.5, 0.6) is 0 Å². The Morgan fingerprint density at radius 3 is 2.44 bits per heavy atom. The molecule has 1 nitrogen and oxygen atoms in total. The quantitative estimate of drug-likeness (QED) is 0.632. The van der Waals surface area contributed by atoms with Gasteiger partial charge < -0.3 is 5.32 Å². The summed E-state index contributed by atoms with van der Waals surface area (Å²) in [5, 5.41) is 4.77. The SMILES string of the molecule is CC(C)(C)C[C@@H]1[C@@H](c2cccc(Cl)c2)NC[C@H]1c1ccc(Cl)cc1F. The summed E-state index contributed by atoms with van der Waals surface area (Å²) in [5.74, 6) is 0.180. The molecule has 1 saturated heterocycles. The minimum atomic E-state index is -0.218. The lowest BCUT2D eigenvalue weighted by atomic mass is 9.74. The molecule has 0 radical (unpaired) electrons. The number of hydrogen-bond donors (Lipinski definition) is 1. The van der Waals surface area contributed by atoms with E-state index in [2.05, 4.69) is 32.2 Å². The lowest BCUT2D eigenvalue weighted by Gasteiger charge is -2.31. The zero-order valence-electron chi connectivity index (χ0n) is 14.8. The molecule has 1 fully saturated rings. The third-order valence-corrected chi connectivity index (χ3v) is 5.39. The molecule has 1 aliphatic rings. The Bertz CT molecular complexity index is 754. The Labute approximate surface area is 159 Å². The molecule has 0 bridgehead atoms. The normalized spacial score (nSPS) is 23.8. The number of hydrogen-bond acceptors (Lipinski definition) is 1. The Hall–Kier alpha value is -1.09. The van der Waals surface area contributed by atoms with Crippen LogP contribution in [-0.2, 0) is 0 Å². The van der Waals surface area contributed by atoms with Gasteiger partial charge in [-0.05, 0) is 53.1 Å². The summed E-state index contributed by atoms with van der Waals surface area (Å²) in [5.41, 5.74) is 2.06. The van der Waals surface area contributed by atoms with Gasteiger partial charge in [-0.3, -0.25) is 0 Å². The first-order chi connectivity index (χ1) is 11.7. The fourth-order valence-electron chi connectivity index (χ4n) is 3.96. The third kappa shape index (κ3) is 4.36. The van der Waals surface area contributed by atoms with E-state index in [4.69, 9.17) is 23.2 Å². The molecule has 0 saturated carbocycles. The maximum atomic E-state index is 14.6. The molecule has 2 aromatic rings. The minimum absolute atomic E-state index is 0.112. The summed E-state index contributed by atoms with van der Waals surface area (Å²) < 4.78 is 14.6. The van der Waals surface area contributed by atoms with Crippen LogP contribution >= 0.6 is 23.2 Å². The van der Waals surface area contributed by atoms with Crippen LogP contribution in [0, 0.1) is 17.2 Å². The van der Waals surface area contributed by atoms with Gasteiger partial charge in [-0.25, -0.2) is 4.39 Å². The molecule has 1 N–H and O–H groups in total.